The molecule has 0 unspecified atom stereocenters. The average Bonchev–Trinajstić information content (AvgIpc) is 2.54. The Balaban J connectivity index is 0.00000176. The molecule has 22 heavy (non-hydrogen) atoms. The summed E-state index contributed by atoms with van der Waals surface area (Å²) in [5.74, 6) is -0.173. The number of hydrogen-bond donors (Lipinski definition) is 1. The number of hydroxylamine groups is 2. The lowest BCUT2D eigenvalue weighted by Gasteiger charge is -2.29. The fourth-order valence-electron chi connectivity index (χ4n) is 2.48. The molecule has 4 nitrogen and oxygen atoms in total. The summed E-state index contributed by atoms with van der Waals surface area (Å²) in [6, 6.07) is 17.2. The Morgan fingerprint density at radius 3 is 2.45 bits per heavy atom. The molecule has 0 aliphatic carbocycles. The number of nitrogens with two attached hydrogens (primary N) is 1. The van der Waals surface area contributed by atoms with Crippen LogP contribution in [0, 0.1) is 0 Å². The van der Waals surface area contributed by atoms with Crippen LogP contribution in [0.15, 0.2) is 54.6 Å². The Labute approximate surface area is 131 Å². The van der Waals surface area contributed by atoms with E-state index in [0.717, 1.165) is 16.7 Å². The molecular formula is C18H22N2O2. The van der Waals surface area contributed by atoms with Gasteiger partial charge in [0.25, 0.3) is 5.91 Å². The number of carbonyl (C=O) groups excluding carboxylic acids is 1. The Bertz CT molecular complexity index is 628. The molecule has 0 fully saturated rings. The lowest BCUT2D eigenvalue weighted by molar-refractivity contribution is -0.202. The third kappa shape index (κ3) is 3.53. The first-order valence-corrected chi connectivity index (χ1v) is 7.04. The van der Waals surface area contributed by atoms with Crippen LogP contribution < -0.4 is 5.73 Å². The van der Waals surface area contributed by atoms with E-state index in [9.17, 15) is 4.79 Å². The molecule has 0 radical (unpaired) electrons. The molecule has 1 atom stereocenters. The first kappa shape index (κ1) is 16.2. The molecule has 116 valence electrons. The summed E-state index contributed by atoms with van der Waals surface area (Å²) in [4.78, 5) is 17.9. The van der Waals surface area contributed by atoms with Crippen molar-refractivity contribution < 1.29 is 9.63 Å². The van der Waals surface area contributed by atoms with Gasteiger partial charge in [0.15, 0.2) is 0 Å². The van der Waals surface area contributed by atoms with Crippen LogP contribution in [-0.2, 0) is 29.2 Å². The maximum absolute atomic E-state index is 12.4. The third-order valence-corrected chi connectivity index (χ3v) is 3.67. The Morgan fingerprint density at radius 2 is 1.73 bits per heavy atom. The molecule has 4 heteroatoms. The van der Waals surface area contributed by atoms with E-state index in [1.54, 1.807) is 0 Å². The van der Waals surface area contributed by atoms with Crippen molar-refractivity contribution in [2.24, 2.45) is 5.73 Å². The summed E-state index contributed by atoms with van der Waals surface area (Å²) in [6.45, 7) is 0.872. The van der Waals surface area contributed by atoms with Gasteiger partial charge in [-0.15, -0.1) is 0 Å². The van der Waals surface area contributed by atoms with Crippen molar-refractivity contribution in [2.75, 3.05) is 0 Å². The number of benzene rings is 2. The number of carbonyl (C=O) groups is 1. The summed E-state index contributed by atoms with van der Waals surface area (Å²) in [5, 5.41) is 1.38. The predicted octanol–water partition coefficient (Wildman–Crippen LogP) is 2.67. The number of fused-ring (bicyclic) bond motifs is 1. The molecule has 1 heterocycles. The lowest BCUT2D eigenvalue weighted by Crippen LogP contribution is -2.45. The van der Waals surface area contributed by atoms with Crippen LogP contribution in [0.1, 0.15) is 24.1 Å². The summed E-state index contributed by atoms with van der Waals surface area (Å²) in [7, 11) is 0. The molecule has 0 saturated heterocycles. The Hall–Kier alpha value is -2.17. The quantitative estimate of drug-likeness (QED) is 0.948. The van der Waals surface area contributed by atoms with Gasteiger partial charge in [0.2, 0.25) is 0 Å². The van der Waals surface area contributed by atoms with E-state index in [4.69, 9.17) is 10.6 Å². The molecule has 1 aliphatic heterocycles. The SMILES string of the molecule is C.N[C@@H](Cc1ccccc1)C(=O)N1Cc2ccccc2CO1. The molecule has 2 N–H and O–H groups in total. The van der Waals surface area contributed by atoms with Crippen molar-refractivity contribution in [3.05, 3.63) is 71.3 Å². The maximum Gasteiger partial charge on any atom is 0.263 e. The highest BCUT2D eigenvalue weighted by Crippen LogP contribution is 2.20. The first-order chi connectivity index (χ1) is 10.2. The zero-order valence-electron chi connectivity index (χ0n) is 11.7. The van der Waals surface area contributed by atoms with Crippen LogP contribution in [0.4, 0.5) is 0 Å². The van der Waals surface area contributed by atoms with Crippen molar-refractivity contribution in [3.8, 4) is 0 Å². The van der Waals surface area contributed by atoms with Crippen LogP contribution in [-0.4, -0.2) is 17.0 Å². The van der Waals surface area contributed by atoms with E-state index in [1.807, 2.05) is 54.6 Å². The lowest BCUT2D eigenvalue weighted by atomic mass is 10.0. The van der Waals surface area contributed by atoms with Crippen LogP contribution in [0.3, 0.4) is 0 Å². The largest absolute Gasteiger partial charge is 0.320 e. The molecule has 3 rings (SSSR count). The van der Waals surface area contributed by atoms with Crippen LogP contribution >= 0.6 is 0 Å². The zero-order chi connectivity index (χ0) is 14.7. The summed E-state index contributed by atoms with van der Waals surface area (Å²) in [5.41, 5.74) is 9.32. The second kappa shape index (κ2) is 7.20. The summed E-state index contributed by atoms with van der Waals surface area (Å²) < 4.78 is 0. The second-order valence-electron chi connectivity index (χ2n) is 5.21. The number of rotatable bonds is 3. The second-order valence-corrected chi connectivity index (χ2v) is 5.21. The summed E-state index contributed by atoms with van der Waals surface area (Å²) >= 11 is 0. The minimum absolute atomic E-state index is 0. The van der Waals surface area contributed by atoms with E-state index in [1.165, 1.54) is 5.06 Å². The zero-order valence-corrected chi connectivity index (χ0v) is 11.7. The van der Waals surface area contributed by atoms with Crippen LogP contribution in [0.5, 0.6) is 0 Å². The van der Waals surface area contributed by atoms with E-state index in [2.05, 4.69) is 0 Å². The predicted molar refractivity (Wildman–Crippen MR) is 86.6 cm³/mol. The van der Waals surface area contributed by atoms with E-state index >= 15 is 0 Å². The van der Waals surface area contributed by atoms with Gasteiger partial charge in [-0.25, -0.2) is 5.06 Å². The molecule has 2 aromatic carbocycles. The van der Waals surface area contributed by atoms with Gasteiger partial charge in [0.05, 0.1) is 12.6 Å². The van der Waals surface area contributed by atoms with Crippen molar-refractivity contribution >= 4 is 5.91 Å². The monoisotopic (exact) mass is 298 g/mol. The molecule has 0 saturated carbocycles. The van der Waals surface area contributed by atoms with E-state index in [-0.39, 0.29) is 13.3 Å². The first-order valence-electron chi connectivity index (χ1n) is 7.04. The number of amides is 1. The van der Waals surface area contributed by atoms with Gasteiger partial charge in [0, 0.05) is 0 Å². The third-order valence-electron chi connectivity index (χ3n) is 3.67. The van der Waals surface area contributed by atoms with E-state index < -0.39 is 6.04 Å². The van der Waals surface area contributed by atoms with E-state index in [0.29, 0.717) is 19.6 Å². The minimum Gasteiger partial charge on any atom is -0.320 e. The maximum atomic E-state index is 12.4. The molecule has 1 amide bonds. The Kier molecular flexibility index (Phi) is 5.31. The number of hydrogen-bond acceptors (Lipinski definition) is 3. The molecule has 2 aromatic rings. The smallest absolute Gasteiger partial charge is 0.263 e. The van der Waals surface area contributed by atoms with Crippen molar-refractivity contribution in [1.29, 1.82) is 0 Å². The fourth-order valence-corrected chi connectivity index (χ4v) is 2.48. The van der Waals surface area contributed by atoms with Crippen molar-refractivity contribution in [2.45, 2.75) is 33.0 Å². The molecular weight excluding hydrogens is 276 g/mol. The highest BCUT2D eigenvalue weighted by Gasteiger charge is 2.26. The van der Waals surface area contributed by atoms with Gasteiger partial charge in [-0.3, -0.25) is 9.63 Å². The van der Waals surface area contributed by atoms with Gasteiger partial charge in [-0.2, -0.15) is 0 Å². The number of nitrogens with zero attached hydrogens (tertiary/aromatic N) is 1. The standard InChI is InChI=1S/C17H18N2O2.CH4/c18-16(10-13-6-2-1-3-7-13)17(20)19-11-14-8-4-5-9-15(14)12-21-19;/h1-9,16H,10-12,18H2;1H4/t16-;/m0./s1. The van der Waals surface area contributed by atoms with Crippen molar-refractivity contribution in [3.63, 3.8) is 0 Å². The minimum atomic E-state index is -0.585. The van der Waals surface area contributed by atoms with Gasteiger partial charge in [0.1, 0.15) is 6.61 Å². The van der Waals surface area contributed by atoms with Crippen LogP contribution in [0.25, 0.3) is 0 Å². The summed E-state index contributed by atoms with van der Waals surface area (Å²) in [6.07, 6.45) is 0.515. The highest BCUT2D eigenvalue weighted by atomic mass is 16.7. The Morgan fingerprint density at radius 1 is 1.09 bits per heavy atom. The molecule has 0 spiro atoms. The van der Waals surface area contributed by atoms with Gasteiger partial charge in [-0.05, 0) is 23.1 Å². The molecule has 0 aromatic heterocycles. The normalized spacial score (nSPS) is 14.7. The molecule has 1 aliphatic rings. The van der Waals surface area contributed by atoms with Gasteiger partial charge >= 0.3 is 0 Å². The van der Waals surface area contributed by atoms with Crippen molar-refractivity contribution in [1.82, 2.24) is 5.06 Å². The van der Waals surface area contributed by atoms with Gasteiger partial charge < -0.3 is 5.73 Å². The van der Waals surface area contributed by atoms with Crippen LogP contribution in [0.2, 0.25) is 0 Å². The average molecular weight is 298 g/mol. The highest BCUT2D eigenvalue weighted by molar-refractivity contribution is 5.81. The molecule has 0 bridgehead atoms. The fraction of sp³-hybridized carbons (Fsp3) is 0.278. The van der Waals surface area contributed by atoms with Gasteiger partial charge in [-0.1, -0.05) is 62.0 Å². The topological polar surface area (TPSA) is 55.6 Å².